The number of esters is 1. The van der Waals surface area contributed by atoms with E-state index in [1.807, 2.05) is 0 Å². The van der Waals surface area contributed by atoms with Crippen LogP contribution in [0.2, 0.25) is 0 Å². The van der Waals surface area contributed by atoms with Crippen LogP contribution in [0.15, 0.2) is 24.3 Å². The number of fused-ring (bicyclic) bond motifs is 1. The predicted molar refractivity (Wildman–Crippen MR) is 95.4 cm³/mol. The van der Waals surface area contributed by atoms with Gasteiger partial charge in [-0.05, 0) is 50.2 Å². The fraction of sp³-hybridized carbons (Fsp3) is 0.600. The SMILES string of the molecule is O=C1CC(C(=O)NCCCN2CCc3ccccc32)C2(CCCC2)O1. The van der Waals surface area contributed by atoms with Crippen LogP contribution in [-0.4, -0.2) is 37.1 Å². The average Bonchev–Trinajstić information content (AvgIpc) is 3.32. The van der Waals surface area contributed by atoms with E-state index in [2.05, 4.69) is 34.5 Å². The van der Waals surface area contributed by atoms with E-state index in [9.17, 15) is 9.59 Å². The van der Waals surface area contributed by atoms with E-state index in [0.29, 0.717) is 6.54 Å². The minimum Gasteiger partial charge on any atom is -0.458 e. The average molecular weight is 342 g/mol. The van der Waals surface area contributed by atoms with E-state index in [1.54, 1.807) is 0 Å². The first-order valence-corrected chi connectivity index (χ1v) is 9.50. The van der Waals surface area contributed by atoms with Crippen molar-refractivity contribution in [2.24, 2.45) is 5.92 Å². The van der Waals surface area contributed by atoms with Gasteiger partial charge in [0, 0.05) is 25.3 Å². The zero-order chi connectivity index (χ0) is 17.3. The Morgan fingerprint density at radius 1 is 1.28 bits per heavy atom. The zero-order valence-electron chi connectivity index (χ0n) is 14.6. The minimum absolute atomic E-state index is 0.00503. The second kappa shape index (κ2) is 6.70. The number of ether oxygens (including phenoxy) is 1. The number of hydrogen-bond donors (Lipinski definition) is 1. The van der Waals surface area contributed by atoms with Crippen LogP contribution in [0.1, 0.15) is 44.1 Å². The van der Waals surface area contributed by atoms with Gasteiger partial charge in [-0.15, -0.1) is 0 Å². The van der Waals surface area contributed by atoms with E-state index >= 15 is 0 Å². The highest BCUT2D eigenvalue weighted by Crippen LogP contribution is 2.45. The molecule has 1 atom stereocenters. The molecule has 1 saturated heterocycles. The van der Waals surface area contributed by atoms with Crippen molar-refractivity contribution in [2.45, 2.75) is 50.5 Å². The lowest BCUT2D eigenvalue weighted by Crippen LogP contribution is -2.43. The van der Waals surface area contributed by atoms with Gasteiger partial charge in [-0.25, -0.2) is 0 Å². The monoisotopic (exact) mass is 342 g/mol. The first-order valence-electron chi connectivity index (χ1n) is 9.50. The van der Waals surface area contributed by atoms with Gasteiger partial charge in [-0.2, -0.15) is 0 Å². The molecule has 0 bridgehead atoms. The van der Waals surface area contributed by atoms with Crippen LogP contribution in [0.5, 0.6) is 0 Å². The third-order valence-corrected chi connectivity index (χ3v) is 5.98. The van der Waals surface area contributed by atoms with Crippen LogP contribution in [-0.2, 0) is 20.7 Å². The molecule has 1 unspecified atom stereocenters. The van der Waals surface area contributed by atoms with Crippen LogP contribution < -0.4 is 10.2 Å². The number of carbonyl (C=O) groups excluding carboxylic acids is 2. The predicted octanol–water partition coefficient (Wildman–Crippen LogP) is 2.43. The van der Waals surface area contributed by atoms with Crippen molar-refractivity contribution in [3.63, 3.8) is 0 Å². The number of rotatable bonds is 5. The summed E-state index contributed by atoms with van der Waals surface area (Å²) in [5, 5.41) is 3.05. The molecule has 1 aliphatic carbocycles. The van der Waals surface area contributed by atoms with Gasteiger partial charge in [-0.1, -0.05) is 18.2 Å². The van der Waals surface area contributed by atoms with Gasteiger partial charge in [0.25, 0.3) is 0 Å². The summed E-state index contributed by atoms with van der Waals surface area (Å²) in [5.41, 5.74) is 2.24. The van der Waals surface area contributed by atoms with Crippen LogP contribution in [0.25, 0.3) is 0 Å². The molecule has 4 rings (SSSR count). The third kappa shape index (κ3) is 3.12. The molecule has 0 aromatic heterocycles. The van der Waals surface area contributed by atoms with Crippen LogP contribution in [0.4, 0.5) is 5.69 Å². The number of hydrogen-bond acceptors (Lipinski definition) is 4. The molecule has 5 nitrogen and oxygen atoms in total. The summed E-state index contributed by atoms with van der Waals surface area (Å²) in [5.74, 6) is -0.514. The number of para-hydroxylation sites is 1. The Labute approximate surface area is 148 Å². The molecule has 134 valence electrons. The molecule has 1 N–H and O–H groups in total. The summed E-state index contributed by atoms with van der Waals surface area (Å²) < 4.78 is 5.56. The van der Waals surface area contributed by atoms with Crippen LogP contribution in [0.3, 0.4) is 0 Å². The van der Waals surface area contributed by atoms with Crippen molar-refractivity contribution in [1.82, 2.24) is 5.32 Å². The fourth-order valence-electron chi connectivity index (χ4n) is 4.69. The van der Waals surface area contributed by atoms with Crippen LogP contribution >= 0.6 is 0 Å². The van der Waals surface area contributed by atoms with Gasteiger partial charge in [-0.3, -0.25) is 9.59 Å². The van der Waals surface area contributed by atoms with Crippen molar-refractivity contribution < 1.29 is 14.3 Å². The smallest absolute Gasteiger partial charge is 0.307 e. The maximum absolute atomic E-state index is 12.6. The van der Waals surface area contributed by atoms with Crippen molar-refractivity contribution in [3.8, 4) is 0 Å². The summed E-state index contributed by atoms with van der Waals surface area (Å²) >= 11 is 0. The van der Waals surface area contributed by atoms with E-state index < -0.39 is 5.60 Å². The number of benzene rings is 1. The molecule has 1 spiro atoms. The topological polar surface area (TPSA) is 58.6 Å². The largest absolute Gasteiger partial charge is 0.458 e. The highest BCUT2D eigenvalue weighted by atomic mass is 16.6. The second-order valence-corrected chi connectivity index (χ2v) is 7.51. The maximum atomic E-state index is 12.6. The lowest BCUT2D eigenvalue weighted by atomic mass is 9.85. The lowest BCUT2D eigenvalue weighted by Gasteiger charge is -2.28. The quantitative estimate of drug-likeness (QED) is 0.659. The van der Waals surface area contributed by atoms with Gasteiger partial charge >= 0.3 is 5.97 Å². The molecular weight excluding hydrogens is 316 g/mol. The molecule has 1 aromatic rings. The van der Waals surface area contributed by atoms with Gasteiger partial charge < -0.3 is 15.0 Å². The number of anilines is 1. The Bertz CT molecular complexity index is 667. The molecule has 3 aliphatic rings. The van der Waals surface area contributed by atoms with E-state index in [4.69, 9.17) is 4.74 Å². The Morgan fingerprint density at radius 2 is 2.08 bits per heavy atom. The molecule has 1 aromatic carbocycles. The molecule has 1 saturated carbocycles. The minimum atomic E-state index is -0.505. The van der Waals surface area contributed by atoms with Crippen LogP contribution in [0, 0.1) is 5.92 Å². The molecule has 2 heterocycles. The molecule has 2 aliphatic heterocycles. The van der Waals surface area contributed by atoms with E-state index in [1.165, 1.54) is 11.3 Å². The summed E-state index contributed by atoms with van der Waals surface area (Å²) in [4.78, 5) is 26.7. The first-order chi connectivity index (χ1) is 12.2. The van der Waals surface area contributed by atoms with Gasteiger partial charge in [0.1, 0.15) is 5.60 Å². The van der Waals surface area contributed by atoms with Gasteiger partial charge in [0.2, 0.25) is 5.91 Å². The standard InChI is InChI=1S/C20H26N2O3/c23-18-14-16(20(25-18)9-3-4-10-20)19(24)21-11-5-12-22-13-8-15-6-1-2-7-17(15)22/h1-2,6-7,16H,3-5,8-14H2,(H,21,24). The molecule has 0 radical (unpaired) electrons. The highest BCUT2D eigenvalue weighted by Gasteiger charge is 2.53. The summed E-state index contributed by atoms with van der Waals surface area (Å²) in [6.07, 6.45) is 6.02. The Balaban J connectivity index is 1.26. The van der Waals surface area contributed by atoms with E-state index in [-0.39, 0.29) is 24.2 Å². The maximum Gasteiger partial charge on any atom is 0.307 e. The van der Waals surface area contributed by atoms with Crippen molar-refractivity contribution in [2.75, 3.05) is 24.5 Å². The van der Waals surface area contributed by atoms with E-state index in [0.717, 1.165) is 51.6 Å². The number of nitrogens with one attached hydrogen (secondary N) is 1. The fourth-order valence-corrected chi connectivity index (χ4v) is 4.69. The highest BCUT2D eigenvalue weighted by molar-refractivity contribution is 5.87. The van der Waals surface area contributed by atoms with Crippen molar-refractivity contribution >= 4 is 17.6 Å². The van der Waals surface area contributed by atoms with Crippen molar-refractivity contribution in [1.29, 1.82) is 0 Å². The number of amides is 1. The van der Waals surface area contributed by atoms with Gasteiger partial charge in [0.05, 0.1) is 12.3 Å². The Hall–Kier alpha value is -2.04. The summed E-state index contributed by atoms with van der Waals surface area (Å²) in [6.45, 7) is 2.65. The number of nitrogens with zero attached hydrogens (tertiary/aromatic N) is 1. The normalized spacial score (nSPS) is 23.8. The summed E-state index contributed by atoms with van der Waals surface area (Å²) in [7, 11) is 0. The Morgan fingerprint density at radius 3 is 2.92 bits per heavy atom. The lowest BCUT2D eigenvalue weighted by molar-refractivity contribution is -0.149. The van der Waals surface area contributed by atoms with Gasteiger partial charge in [0.15, 0.2) is 0 Å². The zero-order valence-corrected chi connectivity index (χ0v) is 14.6. The number of carbonyl (C=O) groups is 2. The Kier molecular flexibility index (Phi) is 4.40. The molecular formula is C20H26N2O3. The first kappa shape index (κ1) is 16.4. The second-order valence-electron chi connectivity index (χ2n) is 7.51. The molecule has 2 fully saturated rings. The summed E-state index contributed by atoms with van der Waals surface area (Å²) in [6, 6.07) is 8.53. The third-order valence-electron chi connectivity index (χ3n) is 5.98. The molecule has 1 amide bonds. The van der Waals surface area contributed by atoms with Crippen molar-refractivity contribution in [3.05, 3.63) is 29.8 Å². The molecule has 25 heavy (non-hydrogen) atoms. The molecule has 5 heteroatoms.